The Morgan fingerprint density at radius 1 is 1.26 bits per heavy atom. The standard InChI is InChI=1S/C15H27N3O/c1-4-18(11-14-5-7-16-8-6-14)12-15(19)10-17-9-13(2)3/h5-8,13,15,17,19H,4,9-12H2,1-3H3. The van der Waals surface area contributed by atoms with Gasteiger partial charge < -0.3 is 10.4 Å². The molecule has 0 fully saturated rings. The predicted molar refractivity (Wildman–Crippen MR) is 78.9 cm³/mol. The fourth-order valence-corrected chi connectivity index (χ4v) is 1.95. The second-order valence-electron chi connectivity index (χ2n) is 5.39. The normalized spacial score (nSPS) is 13.2. The fourth-order valence-electron chi connectivity index (χ4n) is 1.95. The van der Waals surface area contributed by atoms with Crippen molar-refractivity contribution in [2.75, 3.05) is 26.2 Å². The maximum Gasteiger partial charge on any atom is 0.0791 e. The van der Waals surface area contributed by atoms with E-state index >= 15 is 0 Å². The van der Waals surface area contributed by atoms with Crippen molar-refractivity contribution in [1.82, 2.24) is 15.2 Å². The van der Waals surface area contributed by atoms with E-state index in [2.05, 4.69) is 36.0 Å². The molecule has 0 saturated carbocycles. The zero-order chi connectivity index (χ0) is 14.1. The van der Waals surface area contributed by atoms with Gasteiger partial charge in [0.25, 0.3) is 0 Å². The van der Waals surface area contributed by atoms with Crippen LogP contribution >= 0.6 is 0 Å². The van der Waals surface area contributed by atoms with Crippen molar-refractivity contribution in [2.24, 2.45) is 5.92 Å². The first-order valence-electron chi connectivity index (χ1n) is 7.11. The molecule has 0 aliphatic rings. The average molecular weight is 265 g/mol. The minimum Gasteiger partial charge on any atom is -0.390 e. The van der Waals surface area contributed by atoms with Gasteiger partial charge >= 0.3 is 0 Å². The fraction of sp³-hybridized carbons (Fsp3) is 0.667. The Balaban J connectivity index is 2.31. The molecule has 0 aliphatic carbocycles. The number of rotatable bonds is 9. The van der Waals surface area contributed by atoms with Gasteiger partial charge in [-0.15, -0.1) is 0 Å². The molecule has 0 spiro atoms. The number of pyridine rings is 1. The average Bonchev–Trinajstić information content (AvgIpc) is 2.38. The number of aliphatic hydroxyl groups excluding tert-OH is 1. The number of aliphatic hydroxyl groups is 1. The van der Waals surface area contributed by atoms with Crippen LogP contribution in [0.5, 0.6) is 0 Å². The molecule has 108 valence electrons. The number of hydrogen-bond acceptors (Lipinski definition) is 4. The van der Waals surface area contributed by atoms with Crippen LogP contribution in [0.25, 0.3) is 0 Å². The van der Waals surface area contributed by atoms with Gasteiger partial charge in [-0.05, 0) is 36.7 Å². The Labute approximate surface area is 116 Å². The molecular formula is C15H27N3O. The van der Waals surface area contributed by atoms with Crippen molar-refractivity contribution in [3.05, 3.63) is 30.1 Å². The smallest absolute Gasteiger partial charge is 0.0791 e. The zero-order valence-corrected chi connectivity index (χ0v) is 12.3. The molecular weight excluding hydrogens is 238 g/mol. The second-order valence-corrected chi connectivity index (χ2v) is 5.39. The number of likely N-dealkylation sites (N-methyl/N-ethyl adjacent to an activating group) is 1. The summed E-state index contributed by atoms with van der Waals surface area (Å²) in [6, 6.07) is 4.04. The number of nitrogens with one attached hydrogen (secondary N) is 1. The van der Waals surface area contributed by atoms with Gasteiger partial charge in [-0.2, -0.15) is 0 Å². The molecule has 0 amide bonds. The molecule has 4 nitrogen and oxygen atoms in total. The Morgan fingerprint density at radius 3 is 2.53 bits per heavy atom. The molecule has 0 aromatic carbocycles. The molecule has 1 rings (SSSR count). The summed E-state index contributed by atoms with van der Waals surface area (Å²) < 4.78 is 0. The van der Waals surface area contributed by atoms with Crippen LogP contribution in [0.2, 0.25) is 0 Å². The summed E-state index contributed by atoms with van der Waals surface area (Å²) in [6.07, 6.45) is 3.30. The van der Waals surface area contributed by atoms with Crippen molar-refractivity contribution in [2.45, 2.75) is 33.4 Å². The van der Waals surface area contributed by atoms with Crippen LogP contribution in [0.3, 0.4) is 0 Å². The van der Waals surface area contributed by atoms with Crippen LogP contribution in [0.4, 0.5) is 0 Å². The second kappa shape index (κ2) is 9.02. The minimum atomic E-state index is -0.319. The van der Waals surface area contributed by atoms with Crippen LogP contribution in [0.1, 0.15) is 26.3 Å². The Bertz CT molecular complexity index is 329. The molecule has 19 heavy (non-hydrogen) atoms. The predicted octanol–water partition coefficient (Wildman–Crippen LogP) is 1.51. The maximum absolute atomic E-state index is 10.0. The number of hydrogen-bond donors (Lipinski definition) is 2. The van der Waals surface area contributed by atoms with Crippen LogP contribution in [-0.2, 0) is 6.54 Å². The summed E-state index contributed by atoms with van der Waals surface area (Å²) >= 11 is 0. The van der Waals surface area contributed by atoms with Gasteiger partial charge in [0.2, 0.25) is 0 Å². The topological polar surface area (TPSA) is 48.4 Å². The van der Waals surface area contributed by atoms with Gasteiger partial charge in [-0.25, -0.2) is 0 Å². The summed E-state index contributed by atoms with van der Waals surface area (Å²) in [6.45, 7) is 10.6. The Kier molecular flexibility index (Phi) is 7.63. The van der Waals surface area contributed by atoms with Gasteiger partial charge in [0.1, 0.15) is 0 Å². The van der Waals surface area contributed by atoms with E-state index in [1.54, 1.807) is 0 Å². The third-order valence-corrected chi connectivity index (χ3v) is 3.00. The first-order valence-corrected chi connectivity index (χ1v) is 7.11. The number of aromatic nitrogens is 1. The highest BCUT2D eigenvalue weighted by atomic mass is 16.3. The first-order chi connectivity index (χ1) is 9.11. The summed E-state index contributed by atoms with van der Waals surface area (Å²) in [5.41, 5.74) is 1.24. The lowest BCUT2D eigenvalue weighted by Crippen LogP contribution is -2.38. The van der Waals surface area contributed by atoms with E-state index in [9.17, 15) is 5.11 Å². The van der Waals surface area contributed by atoms with E-state index in [-0.39, 0.29) is 6.10 Å². The molecule has 1 heterocycles. The third kappa shape index (κ3) is 7.25. The Hall–Kier alpha value is -0.970. The van der Waals surface area contributed by atoms with Crippen molar-refractivity contribution >= 4 is 0 Å². The van der Waals surface area contributed by atoms with E-state index in [1.807, 2.05) is 24.5 Å². The van der Waals surface area contributed by atoms with Gasteiger partial charge in [0, 0.05) is 32.0 Å². The lowest BCUT2D eigenvalue weighted by molar-refractivity contribution is 0.110. The van der Waals surface area contributed by atoms with Gasteiger partial charge in [0.05, 0.1) is 6.10 Å². The van der Waals surface area contributed by atoms with E-state index in [0.717, 1.165) is 19.6 Å². The summed E-state index contributed by atoms with van der Waals surface area (Å²) in [4.78, 5) is 6.27. The zero-order valence-electron chi connectivity index (χ0n) is 12.3. The molecule has 0 radical (unpaired) electrons. The molecule has 0 aliphatic heterocycles. The summed E-state index contributed by atoms with van der Waals surface area (Å²) in [5.74, 6) is 0.617. The van der Waals surface area contributed by atoms with Crippen LogP contribution in [0.15, 0.2) is 24.5 Å². The lowest BCUT2D eigenvalue weighted by Gasteiger charge is -2.24. The first kappa shape index (κ1) is 16.1. The van der Waals surface area contributed by atoms with Crippen LogP contribution in [-0.4, -0.2) is 47.3 Å². The highest BCUT2D eigenvalue weighted by Crippen LogP contribution is 2.03. The highest BCUT2D eigenvalue weighted by Gasteiger charge is 2.10. The van der Waals surface area contributed by atoms with Crippen LogP contribution in [0, 0.1) is 5.92 Å². The molecule has 1 aromatic rings. The highest BCUT2D eigenvalue weighted by molar-refractivity contribution is 5.09. The molecule has 0 bridgehead atoms. The van der Waals surface area contributed by atoms with Gasteiger partial charge in [0.15, 0.2) is 0 Å². The van der Waals surface area contributed by atoms with Crippen LogP contribution < -0.4 is 5.32 Å². The quantitative estimate of drug-likeness (QED) is 0.710. The van der Waals surface area contributed by atoms with Crippen molar-refractivity contribution in [3.8, 4) is 0 Å². The molecule has 1 unspecified atom stereocenters. The van der Waals surface area contributed by atoms with E-state index < -0.39 is 0 Å². The molecule has 1 aromatic heterocycles. The Morgan fingerprint density at radius 2 is 1.95 bits per heavy atom. The summed E-state index contributed by atoms with van der Waals surface area (Å²) in [7, 11) is 0. The van der Waals surface area contributed by atoms with Crippen molar-refractivity contribution < 1.29 is 5.11 Å². The SMILES string of the molecule is CCN(Cc1ccncc1)CC(O)CNCC(C)C. The summed E-state index contributed by atoms with van der Waals surface area (Å²) in [5, 5.41) is 13.3. The van der Waals surface area contributed by atoms with E-state index in [4.69, 9.17) is 0 Å². The van der Waals surface area contributed by atoms with E-state index in [1.165, 1.54) is 5.56 Å². The third-order valence-electron chi connectivity index (χ3n) is 3.00. The molecule has 0 saturated heterocycles. The van der Waals surface area contributed by atoms with E-state index in [0.29, 0.717) is 19.0 Å². The number of nitrogens with zero attached hydrogens (tertiary/aromatic N) is 2. The minimum absolute atomic E-state index is 0.319. The molecule has 4 heteroatoms. The van der Waals surface area contributed by atoms with Crippen molar-refractivity contribution in [3.63, 3.8) is 0 Å². The largest absolute Gasteiger partial charge is 0.390 e. The van der Waals surface area contributed by atoms with Gasteiger partial charge in [-0.1, -0.05) is 20.8 Å². The maximum atomic E-state index is 10.0. The molecule has 2 N–H and O–H groups in total. The van der Waals surface area contributed by atoms with Gasteiger partial charge in [-0.3, -0.25) is 9.88 Å². The van der Waals surface area contributed by atoms with Crippen molar-refractivity contribution in [1.29, 1.82) is 0 Å². The lowest BCUT2D eigenvalue weighted by atomic mass is 10.2. The monoisotopic (exact) mass is 265 g/mol. The molecule has 1 atom stereocenters.